The lowest BCUT2D eigenvalue weighted by molar-refractivity contribution is 0.131. The number of rotatable bonds is 7. The van der Waals surface area contributed by atoms with E-state index in [0.717, 1.165) is 32.7 Å². The van der Waals surface area contributed by atoms with Crippen LogP contribution in [0.4, 0.5) is 0 Å². The summed E-state index contributed by atoms with van der Waals surface area (Å²) in [5.74, 6) is 0. The second-order valence-corrected chi connectivity index (χ2v) is 2.56. The normalized spacial score (nSPS) is 10.9. The third-order valence-corrected chi connectivity index (χ3v) is 1.57. The molecule has 3 heteroatoms. The first kappa shape index (κ1) is 10.9. The second-order valence-electron chi connectivity index (χ2n) is 2.56. The number of aliphatic hydroxyl groups is 1. The molecule has 0 unspecified atom stereocenters. The Morgan fingerprint density at radius 3 is 2.45 bits per heavy atom. The van der Waals surface area contributed by atoms with E-state index in [1.54, 1.807) is 7.11 Å². The van der Waals surface area contributed by atoms with Crippen LogP contribution in [0.1, 0.15) is 13.3 Å². The Morgan fingerprint density at radius 2 is 2.00 bits per heavy atom. The van der Waals surface area contributed by atoms with Gasteiger partial charge in [0.25, 0.3) is 0 Å². The van der Waals surface area contributed by atoms with Gasteiger partial charge in [-0.25, -0.2) is 0 Å². The molecule has 0 aromatic rings. The van der Waals surface area contributed by atoms with Gasteiger partial charge in [-0.1, -0.05) is 6.92 Å². The topological polar surface area (TPSA) is 32.7 Å². The van der Waals surface area contributed by atoms with Crippen molar-refractivity contribution < 1.29 is 9.84 Å². The SMILES string of the molecule is CCCN(CCO)CCOC. The largest absolute Gasteiger partial charge is 0.395 e. The number of nitrogens with zero attached hydrogens (tertiary/aromatic N) is 1. The average molecular weight is 161 g/mol. The van der Waals surface area contributed by atoms with Crippen LogP contribution < -0.4 is 0 Å². The predicted octanol–water partition coefficient (Wildman–Crippen LogP) is 0.337. The molecule has 0 spiro atoms. The van der Waals surface area contributed by atoms with Gasteiger partial charge in [-0.05, 0) is 13.0 Å². The minimum absolute atomic E-state index is 0.240. The molecule has 0 bridgehead atoms. The highest BCUT2D eigenvalue weighted by atomic mass is 16.5. The Kier molecular flexibility index (Phi) is 7.89. The van der Waals surface area contributed by atoms with Gasteiger partial charge in [0.05, 0.1) is 13.2 Å². The van der Waals surface area contributed by atoms with Gasteiger partial charge in [0.1, 0.15) is 0 Å². The summed E-state index contributed by atoms with van der Waals surface area (Å²) in [7, 11) is 1.70. The Hall–Kier alpha value is -0.120. The summed E-state index contributed by atoms with van der Waals surface area (Å²) in [6.07, 6.45) is 1.13. The zero-order valence-corrected chi connectivity index (χ0v) is 7.55. The van der Waals surface area contributed by atoms with Crippen molar-refractivity contribution in [3.8, 4) is 0 Å². The molecule has 0 fully saturated rings. The minimum Gasteiger partial charge on any atom is -0.395 e. The Labute approximate surface area is 69.0 Å². The van der Waals surface area contributed by atoms with Gasteiger partial charge >= 0.3 is 0 Å². The van der Waals surface area contributed by atoms with Crippen molar-refractivity contribution in [2.24, 2.45) is 0 Å². The molecule has 0 heterocycles. The smallest absolute Gasteiger partial charge is 0.0589 e. The molecule has 0 atom stereocenters. The molecule has 0 aliphatic rings. The van der Waals surface area contributed by atoms with Crippen molar-refractivity contribution in [3.05, 3.63) is 0 Å². The fourth-order valence-electron chi connectivity index (χ4n) is 1.01. The monoisotopic (exact) mass is 161 g/mol. The van der Waals surface area contributed by atoms with E-state index in [4.69, 9.17) is 9.84 Å². The van der Waals surface area contributed by atoms with Crippen LogP contribution in [0.5, 0.6) is 0 Å². The molecular weight excluding hydrogens is 142 g/mol. The van der Waals surface area contributed by atoms with E-state index < -0.39 is 0 Å². The van der Waals surface area contributed by atoms with Crippen molar-refractivity contribution in [2.45, 2.75) is 13.3 Å². The molecular formula is C8H19NO2. The molecule has 0 amide bonds. The van der Waals surface area contributed by atoms with Crippen LogP contribution >= 0.6 is 0 Å². The van der Waals surface area contributed by atoms with E-state index in [9.17, 15) is 0 Å². The highest BCUT2D eigenvalue weighted by Crippen LogP contribution is 1.89. The van der Waals surface area contributed by atoms with Crippen molar-refractivity contribution >= 4 is 0 Å². The van der Waals surface area contributed by atoms with E-state index in [1.807, 2.05) is 0 Å². The standard InChI is InChI=1S/C8H19NO2/c1-3-4-9(5-7-10)6-8-11-2/h10H,3-8H2,1-2H3. The first-order chi connectivity index (χ1) is 5.35. The van der Waals surface area contributed by atoms with Crippen molar-refractivity contribution in [2.75, 3.05) is 40.0 Å². The Morgan fingerprint density at radius 1 is 1.27 bits per heavy atom. The molecule has 3 nitrogen and oxygen atoms in total. The lowest BCUT2D eigenvalue weighted by Gasteiger charge is -2.19. The van der Waals surface area contributed by atoms with Crippen LogP contribution in [0.15, 0.2) is 0 Å². The summed E-state index contributed by atoms with van der Waals surface area (Å²) >= 11 is 0. The zero-order chi connectivity index (χ0) is 8.53. The molecule has 68 valence electrons. The fraction of sp³-hybridized carbons (Fsp3) is 1.00. The van der Waals surface area contributed by atoms with Crippen molar-refractivity contribution in [1.82, 2.24) is 4.90 Å². The molecule has 0 saturated heterocycles. The fourth-order valence-corrected chi connectivity index (χ4v) is 1.01. The number of aliphatic hydroxyl groups excluding tert-OH is 1. The van der Waals surface area contributed by atoms with Crippen LogP contribution in [-0.4, -0.2) is 50.0 Å². The third-order valence-electron chi connectivity index (χ3n) is 1.57. The van der Waals surface area contributed by atoms with E-state index in [1.165, 1.54) is 0 Å². The molecule has 0 aliphatic heterocycles. The van der Waals surface area contributed by atoms with Gasteiger partial charge in [0.15, 0.2) is 0 Å². The Bertz CT molecular complexity index is 72.5. The maximum Gasteiger partial charge on any atom is 0.0589 e. The van der Waals surface area contributed by atoms with Gasteiger partial charge in [-0.3, -0.25) is 4.90 Å². The zero-order valence-electron chi connectivity index (χ0n) is 7.55. The molecule has 0 aromatic carbocycles. The summed E-state index contributed by atoms with van der Waals surface area (Å²) in [6, 6.07) is 0. The lowest BCUT2D eigenvalue weighted by Crippen LogP contribution is -2.30. The number of hydrogen-bond acceptors (Lipinski definition) is 3. The lowest BCUT2D eigenvalue weighted by atomic mass is 10.4. The molecule has 0 aromatic heterocycles. The van der Waals surface area contributed by atoms with Gasteiger partial charge in [-0.15, -0.1) is 0 Å². The van der Waals surface area contributed by atoms with Crippen molar-refractivity contribution in [3.63, 3.8) is 0 Å². The third kappa shape index (κ3) is 6.28. The molecule has 11 heavy (non-hydrogen) atoms. The van der Waals surface area contributed by atoms with E-state index >= 15 is 0 Å². The molecule has 0 radical (unpaired) electrons. The van der Waals surface area contributed by atoms with E-state index in [0.29, 0.717) is 0 Å². The highest BCUT2D eigenvalue weighted by Gasteiger charge is 2.00. The number of ether oxygens (including phenoxy) is 1. The molecule has 1 N–H and O–H groups in total. The summed E-state index contributed by atoms with van der Waals surface area (Å²) in [5, 5.41) is 8.68. The predicted molar refractivity (Wildman–Crippen MR) is 45.7 cm³/mol. The molecule has 0 aliphatic carbocycles. The van der Waals surface area contributed by atoms with Crippen LogP contribution in [0, 0.1) is 0 Å². The maximum atomic E-state index is 8.68. The van der Waals surface area contributed by atoms with Crippen LogP contribution in [0.2, 0.25) is 0 Å². The summed E-state index contributed by atoms with van der Waals surface area (Å²) in [5.41, 5.74) is 0. The minimum atomic E-state index is 0.240. The Balaban J connectivity index is 3.34. The van der Waals surface area contributed by atoms with Crippen LogP contribution in [0.25, 0.3) is 0 Å². The molecule has 0 rings (SSSR count). The highest BCUT2D eigenvalue weighted by molar-refractivity contribution is 4.54. The first-order valence-electron chi connectivity index (χ1n) is 4.17. The number of hydrogen-bond donors (Lipinski definition) is 1. The molecule has 0 saturated carbocycles. The first-order valence-corrected chi connectivity index (χ1v) is 4.17. The van der Waals surface area contributed by atoms with Crippen LogP contribution in [-0.2, 0) is 4.74 Å². The van der Waals surface area contributed by atoms with Gasteiger partial charge in [0, 0.05) is 20.2 Å². The van der Waals surface area contributed by atoms with Gasteiger partial charge in [-0.2, -0.15) is 0 Å². The van der Waals surface area contributed by atoms with E-state index in [2.05, 4.69) is 11.8 Å². The quantitative estimate of drug-likeness (QED) is 0.584. The average Bonchev–Trinajstić information content (AvgIpc) is 2.01. The summed E-state index contributed by atoms with van der Waals surface area (Å²) in [4.78, 5) is 2.20. The van der Waals surface area contributed by atoms with Gasteiger partial charge < -0.3 is 9.84 Å². The van der Waals surface area contributed by atoms with Crippen LogP contribution in [0.3, 0.4) is 0 Å². The maximum absolute atomic E-state index is 8.68. The summed E-state index contributed by atoms with van der Waals surface area (Å²) < 4.78 is 4.94. The second kappa shape index (κ2) is 7.98. The van der Waals surface area contributed by atoms with Crippen molar-refractivity contribution in [1.29, 1.82) is 0 Å². The summed E-state index contributed by atoms with van der Waals surface area (Å²) in [6.45, 7) is 5.85. The van der Waals surface area contributed by atoms with E-state index in [-0.39, 0.29) is 6.61 Å². The van der Waals surface area contributed by atoms with Gasteiger partial charge in [0.2, 0.25) is 0 Å². The number of methoxy groups -OCH3 is 1.